The van der Waals surface area contributed by atoms with E-state index >= 15 is 0 Å². The zero-order valence-electron chi connectivity index (χ0n) is 9.76. The molecule has 1 unspecified atom stereocenters. The van der Waals surface area contributed by atoms with Crippen LogP contribution in [-0.4, -0.2) is 16.8 Å². The van der Waals surface area contributed by atoms with E-state index in [-0.39, 0.29) is 0 Å². The average molecular weight is 284 g/mol. The van der Waals surface area contributed by atoms with Crippen LogP contribution in [0.25, 0.3) is 10.6 Å². The Morgan fingerprint density at radius 3 is 3.06 bits per heavy atom. The second kappa shape index (κ2) is 6.54. The summed E-state index contributed by atoms with van der Waals surface area (Å²) >= 11 is 5.36. The van der Waals surface area contributed by atoms with Crippen LogP contribution < -0.4 is 5.73 Å². The van der Waals surface area contributed by atoms with Crippen LogP contribution in [-0.2, 0) is 5.75 Å². The van der Waals surface area contributed by atoms with E-state index < -0.39 is 0 Å². The van der Waals surface area contributed by atoms with Gasteiger partial charge >= 0.3 is 0 Å². The molecule has 0 radical (unpaired) electrons. The summed E-state index contributed by atoms with van der Waals surface area (Å²) in [7, 11) is 0. The molecule has 17 heavy (non-hydrogen) atoms. The fourth-order valence-corrected chi connectivity index (χ4v) is 4.02. The molecule has 2 heterocycles. The average Bonchev–Trinajstić information content (AvgIpc) is 2.94. The maximum atomic E-state index is 5.71. The van der Waals surface area contributed by atoms with Gasteiger partial charge < -0.3 is 5.73 Å². The summed E-state index contributed by atoms with van der Waals surface area (Å²) < 4.78 is 0. The number of hydrogen-bond donors (Lipinski definition) is 1. The van der Waals surface area contributed by atoms with Crippen LogP contribution >= 0.6 is 34.4 Å². The van der Waals surface area contributed by atoms with Crippen molar-refractivity contribution in [3.05, 3.63) is 27.9 Å². The standard InChI is InChI=1S/C12H16N2S3/c1-9(13)2-4-16-7-11-8-17-12(14-11)10-3-5-15-6-10/h3,5-6,8-9H,2,4,7,13H2,1H3. The van der Waals surface area contributed by atoms with Crippen LogP contribution in [0.2, 0.25) is 0 Å². The van der Waals surface area contributed by atoms with Gasteiger partial charge in [-0.2, -0.15) is 23.1 Å². The summed E-state index contributed by atoms with van der Waals surface area (Å²) in [6, 6.07) is 2.43. The number of hydrogen-bond acceptors (Lipinski definition) is 5. The van der Waals surface area contributed by atoms with Crippen molar-refractivity contribution in [2.45, 2.75) is 25.1 Å². The van der Waals surface area contributed by atoms with Crippen molar-refractivity contribution >= 4 is 34.4 Å². The highest BCUT2D eigenvalue weighted by Gasteiger charge is 2.05. The van der Waals surface area contributed by atoms with Crippen molar-refractivity contribution in [3.63, 3.8) is 0 Å². The predicted octanol–water partition coefficient (Wildman–Crippen LogP) is 3.84. The first-order valence-electron chi connectivity index (χ1n) is 5.56. The molecule has 2 N–H and O–H groups in total. The lowest BCUT2D eigenvalue weighted by molar-refractivity contribution is 0.721. The lowest BCUT2D eigenvalue weighted by atomic mass is 10.3. The summed E-state index contributed by atoms with van der Waals surface area (Å²) in [5.41, 5.74) is 8.14. The number of rotatable bonds is 6. The number of aromatic nitrogens is 1. The number of nitrogens with two attached hydrogens (primary N) is 1. The number of nitrogens with zero attached hydrogens (tertiary/aromatic N) is 1. The summed E-state index contributed by atoms with van der Waals surface area (Å²) in [5, 5.41) is 7.53. The van der Waals surface area contributed by atoms with Gasteiger partial charge in [-0.1, -0.05) is 0 Å². The summed E-state index contributed by atoms with van der Waals surface area (Å²) in [6.07, 6.45) is 1.08. The van der Waals surface area contributed by atoms with E-state index in [1.807, 2.05) is 11.8 Å². The highest BCUT2D eigenvalue weighted by molar-refractivity contribution is 7.98. The molecule has 0 aliphatic rings. The Morgan fingerprint density at radius 2 is 2.35 bits per heavy atom. The first-order chi connectivity index (χ1) is 8.25. The van der Waals surface area contributed by atoms with E-state index in [9.17, 15) is 0 Å². The van der Waals surface area contributed by atoms with E-state index in [0.29, 0.717) is 6.04 Å². The van der Waals surface area contributed by atoms with Gasteiger partial charge in [-0.3, -0.25) is 0 Å². The molecule has 2 aromatic heterocycles. The predicted molar refractivity (Wildman–Crippen MR) is 79.9 cm³/mol. The van der Waals surface area contributed by atoms with Gasteiger partial charge in [-0.15, -0.1) is 11.3 Å². The van der Waals surface area contributed by atoms with E-state index in [4.69, 9.17) is 5.73 Å². The molecular formula is C12H16N2S3. The molecule has 0 saturated carbocycles. The molecule has 0 aliphatic heterocycles. The van der Waals surface area contributed by atoms with Crippen LogP contribution in [0.15, 0.2) is 22.2 Å². The van der Waals surface area contributed by atoms with E-state index in [1.165, 1.54) is 11.3 Å². The molecule has 0 saturated heterocycles. The van der Waals surface area contributed by atoms with Gasteiger partial charge in [0.25, 0.3) is 0 Å². The number of thiazole rings is 1. The third-order valence-electron chi connectivity index (χ3n) is 2.29. The van der Waals surface area contributed by atoms with Gasteiger partial charge in [0.05, 0.1) is 5.69 Å². The second-order valence-electron chi connectivity index (χ2n) is 3.97. The second-order valence-corrected chi connectivity index (χ2v) is 6.72. The van der Waals surface area contributed by atoms with Gasteiger partial charge in [-0.25, -0.2) is 4.98 Å². The molecule has 2 nitrogen and oxygen atoms in total. The molecule has 92 valence electrons. The molecule has 0 amide bonds. The topological polar surface area (TPSA) is 38.9 Å². The Kier molecular flexibility index (Phi) is 5.03. The number of thioether (sulfide) groups is 1. The molecule has 0 spiro atoms. The lowest BCUT2D eigenvalue weighted by Gasteiger charge is -2.02. The van der Waals surface area contributed by atoms with Crippen molar-refractivity contribution in [2.24, 2.45) is 5.73 Å². The Bertz CT molecular complexity index is 434. The number of thiophene rings is 1. The fourth-order valence-electron chi connectivity index (χ4n) is 1.34. The first-order valence-corrected chi connectivity index (χ1v) is 8.53. The minimum Gasteiger partial charge on any atom is -0.328 e. The molecule has 1 atom stereocenters. The van der Waals surface area contributed by atoms with Gasteiger partial charge in [-0.05, 0) is 30.5 Å². The van der Waals surface area contributed by atoms with Crippen molar-refractivity contribution in [1.29, 1.82) is 0 Å². The smallest absolute Gasteiger partial charge is 0.124 e. The summed E-state index contributed by atoms with van der Waals surface area (Å²) in [6.45, 7) is 2.05. The van der Waals surface area contributed by atoms with Crippen LogP contribution in [0.3, 0.4) is 0 Å². The minimum atomic E-state index is 0.305. The molecule has 0 bridgehead atoms. The van der Waals surface area contributed by atoms with Gasteiger partial charge in [0.1, 0.15) is 5.01 Å². The van der Waals surface area contributed by atoms with E-state index in [0.717, 1.165) is 22.9 Å². The monoisotopic (exact) mass is 284 g/mol. The molecular weight excluding hydrogens is 268 g/mol. The quantitative estimate of drug-likeness (QED) is 0.819. The third kappa shape index (κ3) is 4.10. The van der Waals surface area contributed by atoms with Crippen molar-refractivity contribution in [2.75, 3.05) is 5.75 Å². The van der Waals surface area contributed by atoms with Crippen molar-refractivity contribution < 1.29 is 0 Å². The lowest BCUT2D eigenvalue weighted by Crippen LogP contribution is -2.15. The fraction of sp³-hybridized carbons (Fsp3) is 0.417. The Labute approximate surface area is 114 Å². The van der Waals surface area contributed by atoms with Crippen molar-refractivity contribution in [3.8, 4) is 10.6 Å². The zero-order chi connectivity index (χ0) is 12.1. The highest BCUT2D eigenvalue weighted by atomic mass is 32.2. The Hall–Kier alpha value is -0.360. The van der Waals surface area contributed by atoms with E-state index in [1.54, 1.807) is 22.7 Å². The molecule has 2 aromatic rings. The maximum Gasteiger partial charge on any atom is 0.124 e. The largest absolute Gasteiger partial charge is 0.328 e. The molecule has 5 heteroatoms. The van der Waals surface area contributed by atoms with E-state index in [2.05, 4.69) is 34.1 Å². The van der Waals surface area contributed by atoms with Crippen LogP contribution in [0.1, 0.15) is 19.0 Å². The molecule has 2 rings (SSSR count). The summed E-state index contributed by atoms with van der Waals surface area (Å²) in [5.74, 6) is 2.11. The highest BCUT2D eigenvalue weighted by Crippen LogP contribution is 2.27. The van der Waals surface area contributed by atoms with Crippen LogP contribution in [0.5, 0.6) is 0 Å². The third-order valence-corrected chi connectivity index (χ3v) is 4.94. The van der Waals surface area contributed by atoms with Crippen molar-refractivity contribution in [1.82, 2.24) is 4.98 Å². The maximum absolute atomic E-state index is 5.71. The SMILES string of the molecule is CC(N)CCSCc1csc(-c2ccsc2)n1. The molecule has 0 aromatic carbocycles. The normalized spacial score (nSPS) is 12.8. The van der Waals surface area contributed by atoms with Gasteiger partial charge in [0, 0.05) is 28.1 Å². The van der Waals surface area contributed by atoms with Crippen LogP contribution in [0.4, 0.5) is 0 Å². The minimum absolute atomic E-state index is 0.305. The first kappa shape index (κ1) is 13.1. The zero-order valence-corrected chi connectivity index (χ0v) is 12.2. The van der Waals surface area contributed by atoms with Gasteiger partial charge in [0.2, 0.25) is 0 Å². The Morgan fingerprint density at radius 1 is 1.47 bits per heavy atom. The van der Waals surface area contributed by atoms with Gasteiger partial charge in [0.15, 0.2) is 0 Å². The molecule has 0 aliphatic carbocycles. The van der Waals surface area contributed by atoms with Crippen LogP contribution in [0, 0.1) is 0 Å². The molecule has 0 fully saturated rings. The Balaban J connectivity index is 1.83. The summed E-state index contributed by atoms with van der Waals surface area (Å²) in [4.78, 5) is 4.64.